The van der Waals surface area contributed by atoms with E-state index in [1.807, 2.05) is 18.2 Å². The van der Waals surface area contributed by atoms with Crippen molar-refractivity contribution in [3.05, 3.63) is 60.3 Å². The number of epoxide rings is 1. The summed E-state index contributed by atoms with van der Waals surface area (Å²) in [5.41, 5.74) is 2.23. The van der Waals surface area contributed by atoms with Crippen LogP contribution < -0.4 is 0 Å². The first-order valence-corrected chi connectivity index (χ1v) is 13.6. The van der Waals surface area contributed by atoms with Crippen LogP contribution in [0.2, 0.25) is 0 Å². The van der Waals surface area contributed by atoms with Crippen LogP contribution in [0.4, 0.5) is 0 Å². The zero-order valence-corrected chi connectivity index (χ0v) is 22.0. The van der Waals surface area contributed by atoms with Gasteiger partial charge in [-0.05, 0) is 51.4 Å². The lowest BCUT2D eigenvalue weighted by Crippen LogP contribution is -2.32. The fraction of sp³-hybridized carbons (Fsp3) is 0.633. The highest BCUT2D eigenvalue weighted by Gasteiger charge is 2.46. The molecule has 2 unspecified atom stereocenters. The third kappa shape index (κ3) is 8.76. The Kier molecular flexibility index (Phi) is 9.96. The van der Waals surface area contributed by atoms with Crippen molar-refractivity contribution in [1.82, 2.24) is 0 Å². The molecule has 0 aromatic heterocycles. The van der Waals surface area contributed by atoms with Gasteiger partial charge in [-0.15, -0.1) is 0 Å². The van der Waals surface area contributed by atoms with E-state index in [0.717, 1.165) is 31.3 Å². The fourth-order valence-corrected chi connectivity index (χ4v) is 5.45. The molecule has 7 heteroatoms. The molecule has 2 bridgehead atoms. The van der Waals surface area contributed by atoms with Crippen molar-refractivity contribution >= 4 is 5.97 Å². The van der Waals surface area contributed by atoms with Crippen molar-refractivity contribution in [1.29, 1.82) is 0 Å². The van der Waals surface area contributed by atoms with Crippen molar-refractivity contribution in [3.8, 4) is 0 Å². The van der Waals surface area contributed by atoms with Crippen LogP contribution in [0.1, 0.15) is 58.8 Å². The van der Waals surface area contributed by atoms with Gasteiger partial charge in [-0.2, -0.15) is 0 Å². The molecule has 204 valence electrons. The molecule has 1 saturated heterocycles. The van der Waals surface area contributed by atoms with Gasteiger partial charge in [0, 0.05) is 12.5 Å². The summed E-state index contributed by atoms with van der Waals surface area (Å²) in [6.07, 6.45) is 14.3. The van der Waals surface area contributed by atoms with Crippen molar-refractivity contribution in [3.63, 3.8) is 0 Å². The summed E-state index contributed by atoms with van der Waals surface area (Å²) in [4.78, 5) is 12.6. The lowest BCUT2D eigenvalue weighted by Gasteiger charge is -2.28. The lowest BCUT2D eigenvalue weighted by molar-refractivity contribution is -0.148. The Balaban J connectivity index is 1.44. The minimum absolute atomic E-state index is 0.0863. The molecule has 9 atom stereocenters. The van der Waals surface area contributed by atoms with Crippen LogP contribution in [-0.4, -0.2) is 71.6 Å². The number of carbonyl (C=O) groups is 1. The minimum Gasteiger partial charge on any atom is -0.456 e. The van der Waals surface area contributed by atoms with E-state index < -0.39 is 24.3 Å². The first kappa shape index (κ1) is 28.0. The Hall–Kier alpha value is -2.03. The Morgan fingerprint density at radius 3 is 2.78 bits per heavy atom. The number of hydrogen-bond donors (Lipinski definition) is 2. The van der Waals surface area contributed by atoms with Crippen LogP contribution >= 0.6 is 0 Å². The second kappa shape index (κ2) is 13.2. The van der Waals surface area contributed by atoms with Gasteiger partial charge >= 0.3 is 5.97 Å². The number of fused-ring (bicyclic) bond motifs is 3. The second-order valence-corrected chi connectivity index (χ2v) is 11.0. The highest BCUT2D eigenvalue weighted by atomic mass is 16.6. The zero-order chi connectivity index (χ0) is 26.4. The SMILES string of the molecule is C=C1CC(C)C[C@H]2CC=C[C@H](C/C=C\C(=O)O[C@@H]([C@H](O)/C=C/[C@H]3CC(C)=CCO3)C[C@H]3O[C@@H]3C(O)C1)O2. The molecular weight excluding hydrogens is 472 g/mol. The maximum atomic E-state index is 12.6. The smallest absolute Gasteiger partial charge is 0.330 e. The number of ether oxygens (including phenoxy) is 4. The minimum atomic E-state index is -1.03. The molecule has 0 aromatic rings. The molecule has 1 fully saturated rings. The van der Waals surface area contributed by atoms with E-state index in [0.29, 0.717) is 25.4 Å². The van der Waals surface area contributed by atoms with E-state index >= 15 is 0 Å². The maximum absolute atomic E-state index is 12.6. The third-order valence-electron chi connectivity index (χ3n) is 7.44. The summed E-state index contributed by atoms with van der Waals surface area (Å²) in [6, 6.07) is 0. The summed E-state index contributed by atoms with van der Waals surface area (Å²) in [7, 11) is 0. The van der Waals surface area contributed by atoms with Crippen LogP contribution in [-0.2, 0) is 23.7 Å². The second-order valence-electron chi connectivity index (χ2n) is 11.0. The number of rotatable bonds is 3. The van der Waals surface area contributed by atoms with Gasteiger partial charge in [0.15, 0.2) is 0 Å². The molecule has 4 aliphatic rings. The lowest BCUT2D eigenvalue weighted by atomic mass is 9.91. The summed E-state index contributed by atoms with van der Waals surface area (Å²) in [5.74, 6) is -0.141. The Bertz CT molecular complexity index is 919. The van der Waals surface area contributed by atoms with E-state index in [2.05, 4.69) is 26.5 Å². The summed E-state index contributed by atoms with van der Waals surface area (Å²) >= 11 is 0. The van der Waals surface area contributed by atoms with E-state index in [1.54, 1.807) is 12.2 Å². The molecule has 7 nitrogen and oxygen atoms in total. The molecular formula is C30H42O7. The van der Waals surface area contributed by atoms with Gasteiger partial charge in [0.2, 0.25) is 0 Å². The number of aliphatic hydroxyl groups excluding tert-OH is 2. The van der Waals surface area contributed by atoms with E-state index in [4.69, 9.17) is 18.9 Å². The molecule has 4 heterocycles. The molecule has 0 saturated carbocycles. The van der Waals surface area contributed by atoms with Crippen molar-refractivity contribution in [2.75, 3.05) is 6.61 Å². The highest BCUT2D eigenvalue weighted by Crippen LogP contribution is 2.35. The van der Waals surface area contributed by atoms with Crippen LogP contribution in [0.3, 0.4) is 0 Å². The van der Waals surface area contributed by atoms with Gasteiger partial charge in [0.1, 0.15) is 18.3 Å². The number of hydrogen-bond acceptors (Lipinski definition) is 7. The molecule has 37 heavy (non-hydrogen) atoms. The average molecular weight is 515 g/mol. The predicted octanol–water partition coefficient (Wildman–Crippen LogP) is 4.11. The molecule has 0 amide bonds. The topological polar surface area (TPSA) is 97.8 Å². The zero-order valence-electron chi connectivity index (χ0n) is 22.0. The van der Waals surface area contributed by atoms with Gasteiger partial charge < -0.3 is 29.2 Å². The number of aliphatic hydroxyl groups is 2. The third-order valence-corrected chi connectivity index (χ3v) is 7.44. The van der Waals surface area contributed by atoms with Gasteiger partial charge in [0.25, 0.3) is 0 Å². The first-order valence-electron chi connectivity index (χ1n) is 13.6. The molecule has 4 rings (SSSR count). The van der Waals surface area contributed by atoms with Crippen LogP contribution in [0.25, 0.3) is 0 Å². The molecule has 0 radical (unpaired) electrons. The van der Waals surface area contributed by atoms with Crippen LogP contribution in [0.15, 0.2) is 60.3 Å². The van der Waals surface area contributed by atoms with E-state index in [1.165, 1.54) is 11.6 Å². The summed E-state index contributed by atoms with van der Waals surface area (Å²) in [6.45, 7) is 8.98. The first-order chi connectivity index (χ1) is 17.8. The average Bonchev–Trinajstić information content (AvgIpc) is 3.61. The predicted molar refractivity (Wildman–Crippen MR) is 141 cm³/mol. The molecule has 4 aliphatic heterocycles. The van der Waals surface area contributed by atoms with Gasteiger partial charge in [0.05, 0.1) is 37.1 Å². The van der Waals surface area contributed by atoms with Gasteiger partial charge in [-0.3, -0.25) is 0 Å². The van der Waals surface area contributed by atoms with E-state index in [9.17, 15) is 15.0 Å². The molecule has 2 N–H and O–H groups in total. The monoisotopic (exact) mass is 514 g/mol. The number of esters is 1. The summed E-state index contributed by atoms with van der Waals surface area (Å²) in [5, 5.41) is 21.7. The molecule has 0 aromatic carbocycles. The molecule has 0 aliphatic carbocycles. The van der Waals surface area contributed by atoms with Crippen molar-refractivity contribution in [2.24, 2.45) is 5.92 Å². The normalized spacial score (nSPS) is 39.6. The highest BCUT2D eigenvalue weighted by molar-refractivity contribution is 5.82. The Morgan fingerprint density at radius 1 is 1.14 bits per heavy atom. The van der Waals surface area contributed by atoms with Crippen molar-refractivity contribution in [2.45, 2.75) is 108 Å². The molecule has 0 spiro atoms. The fourth-order valence-electron chi connectivity index (χ4n) is 5.45. The standard InChI is InChI=1S/C30H42O7/c1-19-12-13-34-23(15-19)10-11-25(31)27-18-28-30(37-28)26(32)17-21(3)14-20(2)16-24-8-4-6-22(35-24)7-5-9-29(33)36-27/h4-6,9-12,20,22-28,30-32H,3,7-8,13-18H2,1-2H3/b9-5-,11-10+/t20?,22-,23+,24-,25-,26?,27-,28-,30-/m1/s1. The van der Waals surface area contributed by atoms with Crippen molar-refractivity contribution < 1.29 is 34.0 Å². The quantitative estimate of drug-likeness (QED) is 0.332. The van der Waals surface area contributed by atoms with Crippen LogP contribution in [0, 0.1) is 5.92 Å². The van der Waals surface area contributed by atoms with Gasteiger partial charge in [-0.1, -0.05) is 61.1 Å². The van der Waals surface area contributed by atoms with E-state index in [-0.39, 0.29) is 36.9 Å². The largest absolute Gasteiger partial charge is 0.456 e. The summed E-state index contributed by atoms with van der Waals surface area (Å²) < 4.78 is 23.4. The Labute approximate surface area is 220 Å². The Morgan fingerprint density at radius 2 is 1.97 bits per heavy atom. The number of carbonyl (C=O) groups excluding carboxylic acids is 1. The maximum Gasteiger partial charge on any atom is 0.330 e. The number of cyclic esters (lactones) is 1. The van der Waals surface area contributed by atoms with Crippen LogP contribution in [0.5, 0.6) is 0 Å². The van der Waals surface area contributed by atoms with Gasteiger partial charge in [-0.25, -0.2) is 4.79 Å².